The zero-order valence-electron chi connectivity index (χ0n) is 23.1. The highest BCUT2D eigenvalue weighted by atomic mass is 35.5. The van der Waals surface area contributed by atoms with Crippen LogP contribution in [0.4, 0.5) is 4.39 Å². The highest BCUT2D eigenvalue weighted by Gasteiger charge is 2.43. The molecule has 212 valence electrons. The van der Waals surface area contributed by atoms with E-state index in [4.69, 9.17) is 30.8 Å². The van der Waals surface area contributed by atoms with Crippen LogP contribution in [0, 0.1) is 17.1 Å². The van der Waals surface area contributed by atoms with Crippen molar-refractivity contribution in [1.29, 1.82) is 5.26 Å². The van der Waals surface area contributed by atoms with Gasteiger partial charge in [0.2, 0.25) is 0 Å². The molecule has 0 amide bonds. The molecule has 4 heterocycles. The summed E-state index contributed by atoms with van der Waals surface area (Å²) in [6.07, 6.45) is 1.79. The van der Waals surface area contributed by atoms with Gasteiger partial charge in [-0.25, -0.2) is 9.37 Å². The van der Waals surface area contributed by atoms with Crippen molar-refractivity contribution in [3.63, 3.8) is 0 Å². The Morgan fingerprint density at radius 1 is 1.20 bits per heavy atom. The second-order valence-corrected chi connectivity index (χ2v) is 11.2. The van der Waals surface area contributed by atoms with E-state index in [1.807, 2.05) is 29.7 Å². The number of piperidine rings is 1. The van der Waals surface area contributed by atoms with Gasteiger partial charge in [-0.1, -0.05) is 23.7 Å². The number of ether oxygens (including phenoxy) is 3. The van der Waals surface area contributed by atoms with Crippen molar-refractivity contribution in [2.75, 3.05) is 20.2 Å². The van der Waals surface area contributed by atoms with Crippen LogP contribution in [0.2, 0.25) is 5.02 Å². The van der Waals surface area contributed by atoms with Crippen molar-refractivity contribution in [3.05, 3.63) is 75.9 Å². The summed E-state index contributed by atoms with van der Waals surface area (Å²) in [5, 5.41) is 17.9. The van der Waals surface area contributed by atoms with E-state index < -0.39 is 11.6 Å². The maximum Gasteiger partial charge on any atom is 0.278 e. The number of imidazole rings is 1. The topological polar surface area (TPSA) is 98.3 Å². The van der Waals surface area contributed by atoms with Crippen LogP contribution in [0.15, 0.2) is 42.5 Å². The predicted molar refractivity (Wildman–Crippen MR) is 150 cm³/mol. The SMILES string of the molecule is CO[C@H](C)Cn1c(CN2CCC(c3cccc4c3O[C@@](C)(c3ccc(Cl)cc3F)O4)CC2)nc2cc(C#N)nnc21. The molecular weight excluding hydrogens is 547 g/mol. The molecule has 0 N–H and O–H groups in total. The number of hydrogen-bond donors (Lipinski definition) is 0. The van der Waals surface area contributed by atoms with Crippen molar-refractivity contribution in [2.45, 2.75) is 57.6 Å². The summed E-state index contributed by atoms with van der Waals surface area (Å²) in [7, 11) is 1.68. The summed E-state index contributed by atoms with van der Waals surface area (Å²) in [6.45, 7) is 6.66. The van der Waals surface area contributed by atoms with E-state index in [-0.39, 0.29) is 17.7 Å². The van der Waals surface area contributed by atoms with Crippen LogP contribution in [0.5, 0.6) is 11.5 Å². The first-order valence-electron chi connectivity index (χ1n) is 13.6. The van der Waals surface area contributed by atoms with Crippen molar-refractivity contribution < 1.29 is 18.6 Å². The maximum atomic E-state index is 14.8. The van der Waals surface area contributed by atoms with Crippen molar-refractivity contribution in [2.24, 2.45) is 0 Å². The molecule has 1 saturated heterocycles. The number of hydrogen-bond acceptors (Lipinski definition) is 8. The summed E-state index contributed by atoms with van der Waals surface area (Å²) >= 11 is 5.96. The molecule has 2 aliphatic heterocycles. The zero-order valence-corrected chi connectivity index (χ0v) is 23.9. The number of benzene rings is 2. The fraction of sp³-hybridized carbons (Fsp3) is 0.400. The summed E-state index contributed by atoms with van der Waals surface area (Å²) < 4.78 is 34.8. The first-order chi connectivity index (χ1) is 19.8. The number of halogens is 2. The monoisotopic (exact) mass is 576 g/mol. The van der Waals surface area contributed by atoms with Gasteiger partial charge in [0.05, 0.1) is 24.8 Å². The van der Waals surface area contributed by atoms with Crippen LogP contribution < -0.4 is 9.47 Å². The molecule has 2 aliphatic rings. The minimum Gasteiger partial charge on any atom is -0.444 e. The molecule has 0 aliphatic carbocycles. The third kappa shape index (κ3) is 5.21. The Balaban J connectivity index is 1.18. The maximum absolute atomic E-state index is 14.8. The Hall–Kier alpha value is -3.78. The number of para-hydroxylation sites is 1. The fourth-order valence-electron chi connectivity index (χ4n) is 5.71. The van der Waals surface area contributed by atoms with Gasteiger partial charge in [0.1, 0.15) is 23.2 Å². The number of nitriles is 1. The third-order valence-electron chi connectivity index (χ3n) is 7.95. The van der Waals surface area contributed by atoms with Crippen LogP contribution in [0.3, 0.4) is 0 Å². The molecule has 0 bridgehead atoms. The van der Waals surface area contributed by atoms with E-state index in [0.717, 1.165) is 37.3 Å². The van der Waals surface area contributed by atoms with Gasteiger partial charge in [0.25, 0.3) is 5.79 Å². The lowest BCUT2D eigenvalue weighted by atomic mass is 9.88. The van der Waals surface area contributed by atoms with Crippen molar-refractivity contribution >= 4 is 22.8 Å². The first kappa shape index (κ1) is 27.4. The summed E-state index contributed by atoms with van der Waals surface area (Å²) in [5.74, 6) is 0.665. The van der Waals surface area contributed by atoms with Crippen LogP contribution in [0.1, 0.15) is 55.3 Å². The average Bonchev–Trinajstić information content (AvgIpc) is 3.49. The van der Waals surface area contributed by atoms with E-state index in [1.54, 1.807) is 32.2 Å². The molecule has 2 aromatic carbocycles. The molecule has 6 rings (SSSR count). The highest BCUT2D eigenvalue weighted by Crippen LogP contribution is 2.49. The molecule has 0 unspecified atom stereocenters. The quantitative estimate of drug-likeness (QED) is 0.282. The molecule has 2 aromatic heterocycles. The number of likely N-dealkylation sites (tertiary alicyclic amines) is 1. The number of nitrogens with zero attached hydrogens (tertiary/aromatic N) is 6. The van der Waals surface area contributed by atoms with Gasteiger partial charge in [-0.05, 0) is 63.0 Å². The lowest BCUT2D eigenvalue weighted by Gasteiger charge is -2.32. The summed E-state index contributed by atoms with van der Waals surface area (Å²) in [6, 6.07) is 14.1. The fourth-order valence-corrected chi connectivity index (χ4v) is 5.87. The van der Waals surface area contributed by atoms with E-state index in [1.165, 1.54) is 6.07 Å². The van der Waals surface area contributed by atoms with Gasteiger partial charge >= 0.3 is 0 Å². The zero-order chi connectivity index (χ0) is 28.7. The number of aromatic nitrogens is 4. The summed E-state index contributed by atoms with van der Waals surface area (Å²) in [4.78, 5) is 7.19. The molecule has 0 saturated carbocycles. The second-order valence-electron chi connectivity index (χ2n) is 10.7. The van der Waals surface area contributed by atoms with Crippen LogP contribution in [0.25, 0.3) is 11.2 Å². The molecule has 1 fully saturated rings. The van der Waals surface area contributed by atoms with Crippen LogP contribution in [-0.2, 0) is 23.6 Å². The average molecular weight is 577 g/mol. The van der Waals surface area contributed by atoms with E-state index >= 15 is 0 Å². The Labute approximate surface area is 242 Å². The largest absolute Gasteiger partial charge is 0.444 e. The molecule has 0 spiro atoms. The Morgan fingerprint density at radius 3 is 2.73 bits per heavy atom. The third-order valence-corrected chi connectivity index (χ3v) is 8.19. The summed E-state index contributed by atoms with van der Waals surface area (Å²) in [5.41, 5.74) is 2.92. The van der Waals surface area contributed by atoms with Crippen molar-refractivity contribution in [1.82, 2.24) is 24.6 Å². The highest BCUT2D eigenvalue weighted by molar-refractivity contribution is 6.30. The smallest absolute Gasteiger partial charge is 0.278 e. The van der Waals surface area contributed by atoms with Gasteiger partial charge in [-0.3, -0.25) is 4.90 Å². The lowest BCUT2D eigenvalue weighted by molar-refractivity contribution is -0.0712. The molecular formula is C30H30ClFN6O3. The Morgan fingerprint density at radius 2 is 2.00 bits per heavy atom. The normalized spacial score (nSPS) is 19.9. The van der Waals surface area contributed by atoms with E-state index in [0.29, 0.717) is 46.3 Å². The van der Waals surface area contributed by atoms with Crippen molar-refractivity contribution in [3.8, 4) is 17.6 Å². The number of methoxy groups -OCH3 is 1. The molecule has 41 heavy (non-hydrogen) atoms. The van der Waals surface area contributed by atoms with Crippen LogP contribution in [-0.4, -0.2) is 51.0 Å². The second kappa shape index (κ2) is 10.9. The van der Waals surface area contributed by atoms with Crippen LogP contribution >= 0.6 is 11.6 Å². The predicted octanol–water partition coefficient (Wildman–Crippen LogP) is 5.55. The number of rotatable bonds is 7. The number of fused-ring (bicyclic) bond motifs is 2. The van der Waals surface area contributed by atoms with Gasteiger partial charge in [0, 0.05) is 30.7 Å². The first-order valence-corrected chi connectivity index (χ1v) is 14.0. The van der Waals surface area contributed by atoms with Gasteiger partial charge in [-0.15, -0.1) is 10.2 Å². The lowest BCUT2D eigenvalue weighted by Crippen LogP contribution is -2.34. The van der Waals surface area contributed by atoms with E-state index in [2.05, 4.69) is 21.2 Å². The molecule has 2 atom stereocenters. The molecule has 9 nitrogen and oxygen atoms in total. The Kier molecular flexibility index (Phi) is 7.28. The minimum absolute atomic E-state index is 0.0382. The molecule has 11 heteroatoms. The Bertz CT molecular complexity index is 1650. The van der Waals surface area contributed by atoms with Gasteiger partial charge < -0.3 is 18.8 Å². The molecule has 0 radical (unpaired) electrons. The molecule has 4 aromatic rings. The van der Waals surface area contributed by atoms with Gasteiger partial charge in [-0.2, -0.15) is 5.26 Å². The standard InChI is InChI=1S/C30H30ClFN6O3/c1-18(39-3)16-38-27(34-25-14-21(15-33)35-36-29(25)38)17-37-11-9-19(10-12-37)22-5-4-6-26-28(22)41-30(2,40-26)23-8-7-20(31)13-24(23)32/h4-8,13-14,18-19H,9-12,16-17H2,1-3H3/t18-,30+/m1/s1. The minimum atomic E-state index is -1.28. The van der Waals surface area contributed by atoms with E-state index in [9.17, 15) is 9.65 Å². The van der Waals surface area contributed by atoms with Gasteiger partial charge in [0.15, 0.2) is 22.8 Å².